The Morgan fingerprint density at radius 1 is 0.429 bits per heavy atom. The Bertz CT molecular complexity index is 263. The maximum absolute atomic E-state index is 9.01. The van der Waals surface area contributed by atoms with E-state index in [4.69, 9.17) is 5.11 Å². The van der Waals surface area contributed by atoms with E-state index >= 15 is 0 Å². The molecular formula is C27H56O. The Labute approximate surface area is 179 Å². The Hall–Kier alpha value is -0.0400. The number of aliphatic hydroxyl groups excluding tert-OH is 1. The van der Waals surface area contributed by atoms with E-state index in [9.17, 15) is 0 Å². The molecule has 0 saturated heterocycles. The second-order valence-corrected chi connectivity index (χ2v) is 9.50. The number of aliphatic hydroxyl groups is 1. The van der Waals surface area contributed by atoms with E-state index in [0.717, 1.165) is 0 Å². The number of hydrogen-bond acceptors (Lipinski definition) is 1. The third-order valence-electron chi connectivity index (χ3n) is 6.36. The summed E-state index contributed by atoms with van der Waals surface area (Å²) in [6.07, 6.45) is 33.0. The summed E-state index contributed by atoms with van der Waals surface area (Å²) in [7, 11) is 0. The number of unbranched alkanes of at least 4 members (excludes halogenated alkanes) is 21. The van der Waals surface area contributed by atoms with Gasteiger partial charge in [0, 0.05) is 6.61 Å². The minimum absolute atomic E-state index is 0.360. The minimum atomic E-state index is 0.360. The van der Waals surface area contributed by atoms with Crippen LogP contribution in [0.2, 0.25) is 0 Å². The van der Waals surface area contributed by atoms with Gasteiger partial charge in [-0.05, 0) is 12.3 Å². The van der Waals surface area contributed by atoms with Crippen molar-refractivity contribution in [2.45, 2.75) is 162 Å². The van der Waals surface area contributed by atoms with E-state index in [1.807, 2.05) is 0 Å². The summed E-state index contributed by atoms with van der Waals surface area (Å²) in [6, 6.07) is 0. The van der Waals surface area contributed by atoms with Crippen molar-refractivity contribution in [1.29, 1.82) is 0 Å². The summed E-state index contributed by atoms with van der Waals surface area (Å²) >= 11 is 0. The summed E-state index contributed by atoms with van der Waals surface area (Å²) in [5, 5.41) is 9.01. The fraction of sp³-hybridized carbons (Fsp3) is 1.00. The van der Waals surface area contributed by atoms with Gasteiger partial charge in [0.15, 0.2) is 0 Å². The van der Waals surface area contributed by atoms with E-state index in [0.29, 0.717) is 12.5 Å². The first-order valence-corrected chi connectivity index (χ1v) is 13.4. The highest BCUT2D eigenvalue weighted by Crippen LogP contribution is 2.16. The van der Waals surface area contributed by atoms with Crippen molar-refractivity contribution >= 4 is 0 Å². The molecule has 0 bridgehead atoms. The van der Waals surface area contributed by atoms with E-state index in [-0.39, 0.29) is 0 Å². The van der Waals surface area contributed by atoms with Crippen LogP contribution in [0.25, 0.3) is 0 Å². The molecule has 0 aromatic carbocycles. The molecule has 0 aromatic rings. The highest BCUT2D eigenvalue weighted by atomic mass is 16.3. The highest BCUT2D eigenvalue weighted by molar-refractivity contribution is 4.53. The van der Waals surface area contributed by atoms with Gasteiger partial charge in [-0.1, -0.05) is 155 Å². The molecule has 1 nitrogen and oxygen atoms in total. The second kappa shape index (κ2) is 25.0. The van der Waals surface area contributed by atoms with Crippen LogP contribution in [-0.2, 0) is 0 Å². The van der Waals surface area contributed by atoms with Gasteiger partial charge in [-0.15, -0.1) is 0 Å². The second-order valence-electron chi connectivity index (χ2n) is 9.50. The van der Waals surface area contributed by atoms with Crippen molar-refractivity contribution in [2.24, 2.45) is 5.92 Å². The molecular weight excluding hydrogens is 340 g/mol. The van der Waals surface area contributed by atoms with Crippen LogP contribution in [0.5, 0.6) is 0 Å². The first kappa shape index (κ1) is 28.0. The molecule has 1 atom stereocenters. The Morgan fingerprint density at radius 2 is 0.679 bits per heavy atom. The van der Waals surface area contributed by atoms with E-state index in [1.165, 1.54) is 148 Å². The van der Waals surface area contributed by atoms with Gasteiger partial charge >= 0.3 is 0 Å². The van der Waals surface area contributed by atoms with Crippen LogP contribution >= 0.6 is 0 Å². The van der Waals surface area contributed by atoms with Crippen molar-refractivity contribution in [3.63, 3.8) is 0 Å². The van der Waals surface area contributed by atoms with Gasteiger partial charge in [-0.3, -0.25) is 0 Å². The van der Waals surface area contributed by atoms with Crippen LogP contribution in [0, 0.1) is 5.92 Å². The molecule has 28 heavy (non-hydrogen) atoms. The molecule has 0 saturated carbocycles. The van der Waals surface area contributed by atoms with Crippen LogP contribution in [0.4, 0.5) is 0 Å². The van der Waals surface area contributed by atoms with Crippen LogP contribution in [0.3, 0.4) is 0 Å². The van der Waals surface area contributed by atoms with Crippen LogP contribution in [0.1, 0.15) is 162 Å². The molecule has 0 fully saturated rings. The van der Waals surface area contributed by atoms with E-state index in [1.54, 1.807) is 0 Å². The summed E-state index contributed by atoms with van der Waals surface area (Å²) in [5.74, 6) is 0.505. The summed E-state index contributed by atoms with van der Waals surface area (Å²) in [5.41, 5.74) is 0. The average molecular weight is 397 g/mol. The van der Waals surface area contributed by atoms with E-state index < -0.39 is 0 Å². The van der Waals surface area contributed by atoms with Gasteiger partial charge in [0.1, 0.15) is 0 Å². The maximum Gasteiger partial charge on any atom is 0.0456 e. The molecule has 0 radical (unpaired) electrons. The molecule has 0 aliphatic heterocycles. The van der Waals surface area contributed by atoms with Crippen LogP contribution < -0.4 is 0 Å². The molecule has 0 aliphatic rings. The maximum atomic E-state index is 9.01. The SMILES string of the molecule is CCCCCCCCCCCCCCCCCCCCCCCCC(C)CO. The summed E-state index contributed by atoms with van der Waals surface area (Å²) < 4.78 is 0. The highest BCUT2D eigenvalue weighted by Gasteiger charge is 1.99. The smallest absolute Gasteiger partial charge is 0.0456 e. The zero-order chi connectivity index (χ0) is 20.5. The predicted octanol–water partition coefficient (Wildman–Crippen LogP) is 9.61. The summed E-state index contributed by atoms with van der Waals surface area (Å²) in [6.45, 7) is 4.81. The normalized spacial score (nSPS) is 12.5. The van der Waals surface area contributed by atoms with Gasteiger partial charge in [0.05, 0.1) is 0 Å². The molecule has 170 valence electrons. The lowest BCUT2D eigenvalue weighted by atomic mass is 10.0. The standard InChI is InChI=1S/C27H56O/c1-3-4-5-6-7-8-9-10-11-12-13-14-15-16-17-18-19-20-21-22-23-24-25-27(2)26-28/h27-28H,3-26H2,1-2H3. The van der Waals surface area contributed by atoms with Crippen molar-refractivity contribution in [2.75, 3.05) is 6.61 Å². The fourth-order valence-electron chi connectivity index (χ4n) is 4.19. The fourth-order valence-corrected chi connectivity index (χ4v) is 4.19. The first-order valence-electron chi connectivity index (χ1n) is 13.4. The predicted molar refractivity (Wildman–Crippen MR) is 128 cm³/mol. The van der Waals surface area contributed by atoms with Gasteiger partial charge in [-0.25, -0.2) is 0 Å². The first-order chi connectivity index (χ1) is 13.8. The van der Waals surface area contributed by atoms with Crippen LogP contribution in [0.15, 0.2) is 0 Å². The molecule has 0 spiro atoms. The average Bonchev–Trinajstić information content (AvgIpc) is 2.71. The lowest BCUT2D eigenvalue weighted by Gasteiger charge is -2.07. The van der Waals surface area contributed by atoms with E-state index in [2.05, 4.69) is 13.8 Å². The van der Waals surface area contributed by atoms with Gasteiger partial charge < -0.3 is 5.11 Å². The molecule has 1 heteroatoms. The van der Waals surface area contributed by atoms with Crippen LogP contribution in [-0.4, -0.2) is 11.7 Å². The molecule has 0 aliphatic carbocycles. The Morgan fingerprint density at radius 3 is 0.929 bits per heavy atom. The summed E-state index contributed by atoms with van der Waals surface area (Å²) in [4.78, 5) is 0. The lowest BCUT2D eigenvalue weighted by molar-refractivity contribution is 0.227. The minimum Gasteiger partial charge on any atom is -0.396 e. The molecule has 1 N–H and O–H groups in total. The number of rotatable bonds is 24. The zero-order valence-corrected chi connectivity index (χ0v) is 20.0. The van der Waals surface area contributed by atoms with Crippen molar-refractivity contribution in [3.05, 3.63) is 0 Å². The van der Waals surface area contributed by atoms with Gasteiger partial charge in [-0.2, -0.15) is 0 Å². The van der Waals surface area contributed by atoms with Gasteiger partial charge in [0.25, 0.3) is 0 Å². The van der Waals surface area contributed by atoms with Crippen molar-refractivity contribution in [3.8, 4) is 0 Å². The molecule has 0 aromatic heterocycles. The van der Waals surface area contributed by atoms with Crippen molar-refractivity contribution < 1.29 is 5.11 Å². The number of hydrogen-bond donors (Lipinski definition) is 1. The topological polar surface area (TPSA) is 20.2 Å². The molecule has 0 rings (SSSR count). The van der Waals surface area contributed by atoms with Crippen molar-refractivity contribution in [1.82, 2.24) is 0 Å². The zero-order valence-electron chi connectivity index (χ0n) is 20.0. The molecule has 1 unspecified atom stereocenters. The lowest BCUT2D eigenvalue weighted by Crippen LogP contribution is -1.99. The third kappa shape index (κ3) is 24.0. The Balaban J connectivity index is 3.00. The monoisotopic (exact) mass is 396 g/mol. The molecule has 0 amide bonds. The molecule has 0 heterocycles. The Kier molecular flexibility index (Phi) is 25.0. The quantitative estimate of drug-likeness (QED) is 0.161. The third-order valence-corrected chi connectivity index (χ3v) is 6.36. The van der Waals surface area contributed by atoms with Gasteiger partial charge in [0.2, 0.25) is 0 Å². The largest absolute Gasteiger partial charge is 0.396 e.